The molecule has 0 bridgehead atoms. The summed E-state index contributed by atoms with van der Waals surface area (Å²) in [5.74, 6) is 0. The van der Waals surface area contributed by atoms with Crippen LogP contribution in [0.3, 0.4) is 0 Å². The first-order valence-electron chi connectivity index (χ1n) is 5.69. The standard InChI is InChI=1S/C12H15Br2N3S/c1-15-10(11-5-9(13)12(14)18-11)4-3-8-6-16-17(2)7-8/h5-7,10,15H,3-4H2,1-2H3. The topological polar surface area (TPSA) is 29.9 Å². The van der Waals surface area contributed by atoms with Crippen LogP contribution in [0, 0.1) is 0 Å². The number of aromatic nitrogens is 2. The summed E-state index contributed by atoms with van der Waals surface area (Å²) in [5.41, 5.74) is 1.28. The van der Waals surface area contributed by atoms with Crippen LogP contribution in [0.1, 0.15) is 22.9 Å². The number of hydrogen-bond acceptors (Lipinski definition) is 3. The van der Waals surface area contributed by atoms with Crippen molar-refractivity contribution in [2.75, 3.05) is 7.05 Å². The van der Waals surface area contributed by atoms with Crippen molar-refractivity contribution in [3.63, 3.8) is 0 Å². The smallest absolute Gasteiger partial charge is 0.0843 e. The van der Waals surface area contributed by atoms with Gasteiger partial charge in [-0.25, -0.2) is 0 Å². The van der Waals surface area contributed by atoms with Crippen LogP contribution in [0.5, 0.6) is 0 Å². The van der Waals surface area contributed by atoms with E-state index in [1.54, 1.807) is 11.3 Å². The van der Waals surface area contributed by atoms with Gasteiger partial charge in [-0.3, -0.25) is 4.68 Å². The molecule has 0 saturated heterocycles. The Kier molecular flexibility index (Phi) is 5.00. The lowest BCUT2D eigenvalue weighted by Gasteiger charge is -2.13. The fraction of sp³-hybridized carbons (Fsp3) is 0.417. The van der Waals surface area contributed by atoms with Crippen LogP contribution in [0.2, 0.25) is 0 Å². The lowest BCUT2D eigenvalue weighted by atomic mass is 10.1. The molecule has 0 amide bonds. The summed E-state index contributed by atoms with van der Waals surface area (Å²) >= 11 is 8.85. The molecule has 2 rings (SSSR count). The fourth-order valence-electron chi connectivity index (χ4n) is 1.88. The third-order valence-electron chi connectivity index (χ3n) is 2.84. The first kappa shape index (κ1) is 14.2. The van der Waals surface area contributed by atoms with Crippen molar-refractivity contribution in [3.8, 4) is 0 Å². The summed E-state index contributed by atoms with van der Waals surface area (Å²) in [6, 6.07) is 2.57. The van der Waals surface area contributed by atoms with Gasteiger partial charge in [-0.05, 0) is 63.4 Å². The van der Waals surface area contributed by atoms with Crippen LogP contribution < -0.4 is 5.32 Å². The molecular weight excluding hydrogens is 378 g/mol. The van der Waals surface area contributed by atoms with Crippen LogP contribution in [0.25, 0.3) is 0 Å². The number of nitrogens with one attached hydrogen (secondary N) is 1. The van der Waals surface area contributed by atoms with Gasteiger partial charge >= 0.3 is 0 Å². The Labute approximate surface area is 128 Å². The molecular formula is C12H15Br2N3S. The van der Waals surface area contributed by atoms with E-state index in [1.165, 1.54) is 10.4 Å². The van der Waals surface area contributed by atoms with Crippen molar-refractivity contribution in [2.45, 2.75) is 18.9 Å². The molecule has 0 aliphatic carbocycles. The number of hydrogen-bond donors (Lipinski definition) is 1. The minimum Gasteiger partial charge on any atom is -0.312 e. The molecule has 1 atom stereocenters. The Morgan fingerprint density at radius 1 is 1.50 bits per heavy atom. The molecule has 0 radical (unpaired) electrons. The van der Waals surface area contributed by atoms with E-state index in [-0.39, 0.29) is 0 Å². The Balaban J connectivity index is 2.01. The van der Waals surface area contributed by atoms with Crippen molar-refractivity contribution in [2.24, 2.45) is 7.05 Å². The van der Waals surface area contributed by atoms with Gasteiger partial charge in [0.25, 0.3) is 0 Å². The third-order valence-corrected chi connectivity index (χ3v) is 6.21. The molecule has 2 aromatic rings. The zero-order valence-corrected chi connectivity index (χ0v) is 14.3. The predicted octanol–water partition coefficient (Wildman–Crippen LogP) is 3.90. The highest BCUT2D eigenvalue weighted by atomic mass is 79.9. The van der Waals surface area contributed by atoms with E-state index in [1.807, 2.05) is 25.0 Å². The second kappa shape index (κ2) is 6.32. The van der Waals surface area contributed by atoms with Crippen molar-refractivity contribution < 1.29 is 0 Å². The third kappa shape index (κ3) is 3.44. The minimum absolute atomic E-state index is 0.387. The van der Waals surface area contributed by atoms with Gasteiger partial charge in [0.1, 0.15) is 0 Å². The molecule has 0 aliphatic heterocycles. The van der Waals surface area contributed by atoms with Gasteiger partial charge in [0.05, 0.1) is 9.98 Å². The van der Waals surface area contributed by atoms with Crippen LogP contribution in [0.15, 0.2) is 26.7 Å². The molecule has 3 nitrogen and oxygen atoms in total. The highest BCUT2D eigenvalue weighted by molar-refractivity contribution is 9.13. The molecule has 2 heterocycles. The van der Waals surface area contributed by atoms with Crippen LogP contribution >= 0.6 is 43.2 Å². The maximum absolute atomic E-state index is 4.20. The summed E-state index contributed by atoms with van der Waals surface area (Å²) in [4.78, 5) is 1.35. The molecule has 0 spiro atoms. The van der Waals surface area contributed by atoms with E-state index in [0.29, 0.717) is 6.04 Å². The molecule has 18 heavy (non-hydrogen) atoms. The van der Waals surface area contributed by atoms with Crippen molar-refractivity contribution in [1.29, 1.82) is 0 Å². The van der Waals surface area contributed by atoms with Gasteiger partial charge < -0.3 is 5.32 Å². The van der Waals surface area contributed by atoms with E-state index >= 15 is 0 Å². The van der Waals surface area contributed by atoms with E-state index in [4.69, 9.17) is 0 Å². The van der Waals surface area contributed by atoms with E-state index in [2.05, 4.69) is 54.5 Å². The highest BCUT2D eigenvalue weighted by Crippen LogP contribution is 2.36. The van der Waals surface area contributed by atoms with Crippen molar-refractivity contribution in [1.82, 2.24) is 15.1 Å². The molecule has 98 valence electrons. The fourth-order valence-corrected chi connectivity index (χ4v) is 4.11. The van der Waals surface area contributed by atoms with Gasteiger partial charge in [-0.2, -0.15) is 5.10 Å². The largest absolute Gasteiger partial charge is 0.312 e. The first-order valence-corrected chi connectivity index (χ1v) is 8.10. The minimum atomic E-state index is 0.387. The van der Waals surface area contributed by atoms with Crippen LogP contribution in [-0.4, -0.2) is 16.8 Å². The van der Waals surface area contributed by atoms with Crippen LogP contribution in [-0.2, 0) is 13.5 Å². The van der Waals surface area contributed by atoms with Gasteiger partial charge in [-0.1, -0.05) is 0 Å². The Hall–Kier alpha value is -0.170. The van der Waals surface area contributed by atoms with Crippen molar-refractivity contribution >= 4 is 43.2 Å². The number of thiophene rings is 1. The SMILES string of the molecule is CNC(CCc1cnn(C)c1)c1cc(Br)c(Br)s1. The lowest BCUT2D eigenvalue weighted by molar-refractivity contribution is 0.557. The lowest BCUT2D eigenvalue weighted by Crippen LogP contribution is -2.15. The monoisotopic (exact) mass is 391 g/mol. The molecule has 0 aliphatic rings. The van der Waals surface area contributed by atoms with Gasteiger partial charge in [0.15, 0.2) is 0 Å². The van der Waals surface area contributed by atoms with Crippen molar-refractivity contribution in [3.05, 3.63) is 37.2 Å². The Morgan fingerprint density at radius 3 is 2.78 bits per heavy atom. The Bertz CT molecular complexity index is 502. The molecule has 2 aromatic heterocycles. The number of rotatable bonds is 5. The molecule has 6 heteroatoms. The molecule has 0 fully saturated rings. The zero-order chi connectivity index (χ0) is 13.1. The average Bonchev–Trinajstić information content (AvgIpc) is 2.88. The summed E-state index contributed by atoms with van der Waals surface area (Å²) in [6.07, 6.45) is 6.12. The summed E-state index contributed by atoms with van der Waals surface area (Å²) in [5, 5.41) is 7.57. The number of aryl methyl sites for hydroxylation is 2. The summed E-state index contributed by atoms with van der Waals surface area (Å²) < 4.78 is 4.13. The number of nitrogens with zero attached hydrogens (tertiary/aromatic N) is 2. The normalized spacial score (nSPS) is 12.9. The molecule has 1 unspecified atom stereocenters. The van der Waals surface area contributed by atoms with E-state index in [9.17, 15) is 0 Å². The summed E-state index contributed by atoms with van der Waals surface area (Å²) in [7, 11) is 3.96. The van der Waals surface area contributed by atoms with Crippen LogP contribution in [0.4, 0.5) is 0 Å². The maximum Gasteiger partial charge on any atom is 0.0843 e. The second-order valence-corrected chi connectivity index (χ2v) is 7.43. The first-order chi connectivity index (χ1) is 8.60. The molecule has 0 saturated carbocycles. The van der Waals surface area contributed by atoms with Gasteiger partial charge in [0, 0.05) is 28.6 Å². The highest BCUT2D eigenvalue weighted by Gasteiger charge is 2.14. The van der Waals surface area contributed by atoms with Gasteiger partial charge in [-0.15, -0.1) is 11.3 Å². The maximum atomic E-state index is 4.20. The van der Waals surface area contributed by atoms with Gasteiger partial charge in [0.2, 0.25) is 0 Å². The summed E-state index contributed by atoms with van der Waals surface area (Å²) in [6.45, 7) is 0. The Morgan fingerprint density at radius 2 is 2.28 bits per heavy atom. The zero-order valence-electron chi connectivity index (χ0n) is 10.3. The average molecular weight is 393 g/mol. The second-order valence-electron chi connectivity index (χ2n) is 4.17. The molecule has 1 N–H and O–H groups in total. The quantitative estimate of drug-likeness (QED) is 0.836. The molecule has 0 aromatic carbocycles. The number of halogens is 2. The van der Waals surface area contributed by atoms with E-state index < -0.39 is 0 Å². The van der Waals surface area contributed by atoms with E-state index in [0.717, 1.165) is 21.1 Å². The predicted molar refractivity (Wildman–Crippen MR) is 83.0 cm³/mol.